The lowest BCUT2D eigenvalue weighted by molar-refractivity contribution is -0.121. The van der Waals surface area contributed by atoms with Crippen LogP contribution in [0.15, 0.2) is 53.4 Å². The van der Waals surface area contributed by atoms with Crippen LogP contribution in [-0.2, 0) is 14.8 Å². The van der Waals surface area contributed by atoms with Crippen molar-refractivity contribution in [2.75, 3.05) is 6.54 Å². The highest BCUT2D eigenvalue weighted by Crippen LogP contribution is 2.13. The van der Waals surface area contributed by atoms with Crippen molar-refractivity contribution in [3.63, 3.8) is 0 Å². The topological polar surface area (TPSA) is 99.1 Å². The molecule has 8 heteroatoms. The summed E-state index contributed by atoms with van der Waals surface area (Å²) < 4.78 is 39.2. The van der Waals surface area contributed by atoms with Crippen LogP contribution in [0.1, 0.15) is 30.5 Å². The first kappa shape index (κ1) is 19.6. The molecule has 26 heavy (non-hydrogen) atoms. The second kappa shape index (κ2) is 8.56. The van der Waals surface area contributed by atoms with E-state index in [1.165, 1.54) is 0 Å². The van der Waals surface area contributed by atoms with Crippen LogP contribution in [0.3, 0.4) is 0 Å². The number of nitriles is 1. The van der Waals surface area contributed by atoms with Crippen LogP contribution < -0.4 is 10.0 Å². The van der Waals surface area contributed by atoms with Gasteiger partial charge in [-0.2, -0.15) is 5.26 Å². The summed E-state index contributed by atoms with van der Waals surface area (Å²) in [7, 11) is -3.79. The highest BCUT2D eigenvalue weighted by Gasteiger charge is 2.15. The molecule has 6 nitrogen and oxygen atoms in total. The SMILES string of the molecule is CC(NC(=O)CCNS(=O)(=O)c1ccc(F)cc1)c1ccc(C#N)cc1. The number of nitrogens with one attached hydrogen (secondary N) is 2. The van der Waals surface area contributed by atoms with Gasteiger partial charge in [-0.1, -0.05) is 12.1 Å². The Balaban J connectivity index is 1.84. The van der Waals surface area contributed by atoms with Crippen molar-refractivity contribution in [3.05, 3.63) is 65.5 Å². The minimum Gasteiger partial charge on any atom is -0.350 e. The molecule has 1 unspecified atom stereocenters. The fraction of sp³-hybridized carbons (Fsp3) is 0.222. The number of benzene rings is 2. The average molecular weight is 375 g/mol. The molecule has 2 aromatic rings. The molecule has 2 aromatic carbocycles. The third kappa shape index (κ3) is 5.37. The highest BCUT2D eigenvalue weighted by molar-refractivity contribution is 7.89. The number of amides is 1. The molecule has 0 aliphatic rings. The largest absolute Gasteiger partial charge is 0.350 e. The third-order valence-corrected chi connectivity index (χ3v) is 5.16. The van der Waals surface area contributed by atoms with E-state index in [0.717, 1.165) is 29.8 Å². The van der Waals surface area contributed by atoms with Crippen LogP contribution in [0.2, 0.25) is 0 Å². The lowest BCUT2D eigenvalue weighted by atomic mass is 10.1. The molecule has 2 rings (SSSR count). The Morgan fingerprint density at radius 2 is 1.77 bits per heavy atom. The molecule has 0 aliphatic heterocycles. The van der Waals surface area contributed by atoms with E-state index in [9.17, 15) is 17.6 Å². The molecule has 0 aromatic heterocycles. The highest BCUT2D eigenvalue weighted by atomic mass is 32.2. The minimum absolute atomic E-state index is 0.0406. The summed E-state index contributed by atoms with van der Waals surface area (Å²) in [6.45, 7) is 1.72. The number of hydrogen-bond donors (Lipinski definition) is 2. The minimum atomic E-state index is -3.79. The maximum Gasteiger partial charge on any atom is 0.240 e. The van der Waals surface area contributed by atoms with Crippen molar-refractivity contribution >= 4 is 15.9 Å². The molecular weight excluding hydrogens is 357 g/mol. The molecule has 136 valence electrons. The molecule has 0 saturated carbocycles. The van der Waals surface area contributed by atoms with Gasteiger partial charge in [0.25, 0.3) is 0 Å². The molecule has 2 N–H and O–H groups in total. The van der Waals surface area contributed by atoms with Gasteiger partial charge in [0.2, 0.25) is 15.9 Å². The standard InChI is InChI=1S/C18H18FN3O3S/c1-13(15-4-2-14(12-20)3-5-15)22-18(23)10-11-21-26(24,25)17-8-6-16(19)7-9-17/h2-9,13,21H,10-11H2,1H3,(H,22,23). The fourth-order valence-electron chi connectivity index (χ4n) is 2.24. The monoisotopic (exact) mass is 375 g/mol. The predicted molar refractivity (Wildman–Crippen MR) is 93.9 cm³/mol. The van der Waals surface area contributed by atoms with E-state index in [4.69, 9.17) is 5.26 Å². The molecule has 0 fully saturated rings. The van der Waals surface area contributed by atoms with E-state index in [0.29, 0.717) is 5.56 Å². The third-order valence-electron chi connectivity index (χ3n) is 3.69. The second-order valence-corrected chi connectivity index (χ2v) is 7.39. The van der Waals surface area contributed by atoms with Gasteiger partial charge in [0.1, 0.15) is 5.82 Å². The molecule has 0 radical (unpaired) electrons. The Labute approximate surface area is 151 Å². The number of halogens is 1. The van der Waals surface area contributed by atoms with Gasteiger partial charge in [0.15, 0.2) is 0 Å². The quantitative estimate of drug-likeness (QED) is 0.775. The van der Waals surface area contributed by atoms with Gasteiger partial charge in [0.05, 0.1) is 22.6 Å². The van der Waals surface area contributed by atoms with E-state index in [-0.39, 0.29) is 29.8 Å². The van der Waals surface area contributed by atoms with Crippen LogP contribution in [0.25, 0.3) is 0 Å². The molecule has 0 aliphatic carbocycles. The summed E-state index contributed by atoms with van der Waals surface area (Å²) in [5.41, 5.74) is 1.37. The maximum absolute atomic E-state index is 12.9. The fourth-order valence-corrected chi connectivity index (χ4v) is 3.27. The van der Waals surface area contributed by atoms with E-state index in [1.807, 2.05) is 6.07 Å². The van der Waals surface area contributed by atoms with Crippen LogP contribution in [-0.4, -0.2) is 20.9 Å². The van der Waals surface area contributed by atoms with Crippen molar-refractivity contribution in [2.24, 2.45) is 0 Å². The van der Waals surface area contributed by atoms with E-state index >= 15 is 0 Å². The van der Waals surface area contributed by atoms with Gasteiger partial charge < -0.3 is 5.32 Å². The van der Waals surface area contributed by atoms with Crippen molar-refractivity contribution in [1.82, 2.24) is 10.0 Å². The van der Waals surface area contributed by atoms with E-state index < -0.39 is 15.8 Å². The zero-order valence-electron chi connectivity index (χ0n) is 14.1. The number of sulfonamides is 1. The molecule has 0 bridgehead atoms. The molecule has 0 spiro atoms. The van der Waals surface area contributed by atoms with Crippen LogP contribution in [0, 0.1) is 17.1 Å². The molecule has 0 heterocycles. The number of rotatable bonds is 7. The molecule has 1 amide bonds. The van der Waals surface area contributed by atoms with Crippen molar-refractivity contribution in [3.8, 4) is 6.07 Å². The summed E-state index contributed by atoms with van der Waals surface area (Å²) in [5.74, 6) is -0.844. The van der Waals surface area contributed by atoms with Gasteiger partial charge in [-0.25, -0.2) is 17.5 Å². The Bertz CT molecular complexity index is 904. The van der Waals surface area contributed by atoms with Crippen molar-refractivity contribution in [1.29, 1.82) is 5.26 Å². The summed E-state index contributed by atoms with van der Waals surface area (Å²) in [5, 5.41) is 11.5. The maximum atomic E-state index is 12.9. The zero-order valence-corrected chi connectivity index (χ0v) is 14.9. The second-order valence-electron chi connectivity index (χ2n) is 5.62. The van der Waals surface area contributed by atoms with E-state index in [1.54, 1.807) is 31.2 Å². The van der Waals surface area contributed by atoms with Crippen LogP contribution in [0.5, 0.6) is 0 Å². The number of nitrogens with zero attached hydrogens (tertiary/aromatic N) is 1. The first-order valence-corrected chi connectivity index (χ1v) is 9.35. The number of hydrogen-bond acceptors (Lipinski definition) is 4. The van der Waals surface area contributed by atoms with Crippen molar-refractivity contribution < 1.29 is 17.6 Å². The predicted octanol–water partition coefficient (Wildman–Crippen LogP) is 2.24. The van der Waals surface area contributed by atoms with Gasteiger partial charge in [-0.3, -0.25) is 4.79 Å². The summed E-state index contributed by atoms with van der Waals surface area (Å²) >= 11 is 0. The van der Waals surface area contributed by atoms with Crippen molar-refractivity contribution in [2.45, 2.75) is 24.3 Å². The Morgan fingerprint density at radius 3 is 2.35 bits per heavy atom. The normalized spacial score (nSPS) is 12.2. The Morgan fingerprint density at radius 1 is 1.15 bits per heavy atom. The van der Waals surface area contributed by atoms with Crippen LogP contribution >= 0.6 is 0 Å². The lowest BCUT2D eigenvalue weighted by Gasteiger charge is -2.14. The summed E-state index contributed by atoms with van der Waals surface area (Å²) in [6.07, 6.45) is -0.0406. The first-order valence-electron chi connectivity index (χ1n) is 7.86. The summed E-state index contributed by atoms with van der Waals surface area (Å²) in [6, 6.07) is 13.0. The number of carbonyl (C=O) groups is 1. The lowest BCUT2D eigenvalue weighted by Crippen LogP contribution is -2.32. The van der Waals surface area contributed by atoms with Crippen LogP contribution in [0.4, 0.5) is 4.39 Å². The molecular formula is C18H18FN3O3S. The average Bonchev–Trinajstić information content (AvgIpc) is 2.62. The molecule has 0 saturated heterocycles. The van der Waals surface area contributed by atoms with E-state index in [2.05, 4.69) is 10.0 Å². The number of carbonyl (C=O) groups excluding carboxylic acids is 1. The van der Waals surface area contributed by atoms with Gasteiger partial charge in [-0.05, 0) is 48.9 Å². The Kier molecular flexibility index (Phi) is 6.44. The van der Waals surface area contributed by atoms with Gasteiger partial charge >= 0.3 is 0 Å². The smallest absolute Gasteiger partial charge is 0.240 e. The Hall–Kier alpha value is -2.76. The first-order chi connectivity index (χ1) is 12.3. The zero-order chi connectivity index (χ0) is 19.2. The van der Waals surface area contributed by atoms with Gasteiger partial charge in [0, 0.05) is 13.0 Å². The van der Waals surface area contributed by atoms with Gasteiger partial charge in [-0.15, -0.1) is 0 Å². The summed E-state index contributed by atoms with van der Waals surface area (Å²) in [4.78, 5) is 11.9. The molecule has 1 atom stereocenters.